The molecule has 192 valence electrons. The Hall–Kier alpha value is -3.75. The van der Waals surface area contributed by atoms with Crippen molar-refractivity contribution in [3.63, 3.8) is 0 Å². The monoisotopic (exact) mass is 519 g/mol. The Morgan fingerprint density at radius 2 is 1.68 bits per heavy atom. The minimum Gasteiger partial charge on any atom is -0.425 e. The Bertz CT molecular complexity index is 1590. The average Bonchev–Trinajstić information content (AvgIpc) is 2.89. The summed E-state index contributed by atoms with van der Waals surface area (Å²) in [5.74, 6) is -0.890. The van der Waals surface area contributed by atoms with Gasteiger partial charge in [-0.3, -0.25) is 0 Å². The number of carbonyl (C=O) groups excluding carboxylic acids is 1. The summed E-state index contributed by atoms with van der Waals surface area (Å²) in [7, 11) is -3.97. The van der Waals surface area contributed by atoms with Crippen LogP contribution < -0.4 is 15.1 Å². The van der Waals surface area contributed by atoms with Gasteiger partial charge in [0.15, 0.2) is 0 Å². The van der Waals surface area contributed by atoms with Crippen molar-refractivity contribution in [1.29, 1.82) is 0 Å². The van der Waals surface area contributed by atoms with Gasteiger partial charge < -0.3 is 9.15 Å². The van der Waals surface area contributed by atoms with Gasteiger partial charge in [-0.1, -0.05) is 68.3 Å². The van der Waals surface area contributed by atoms with Crippen LogP contribution in [0, 0.1) is 19.8 Å². The van der Waals surface area contributed by atoms with Crippen LogP contribution in [0.4, 0.5) is 0 Å². The molecule has 7 nitrogen and oxygen atoms in total. The maximum absolute atomic E-state index is 13.3. The zero-order chi connectivity index (χ0) is 26.7. The number of carbonyl (C=O) groups is 1. The molecule has 0 fully saturated rings. The van der Waals surface area contributed by atoms with Crippen LogP contribution in [-0.2, 0) is 14.8 Å². The second kappa shape index (κ2) is 10.7. The van der Waals surface area contributed by atoms with Crippen molar-refractivity contribution in [3.05, 3.63) is 94.3 Å². The Morgan fingerprint density at radius 3 is 2.32 bits per heavy atom. The van der Waals surface area contributed by atoms with E-state index in [1.165, 1.54) is 18.2 Å². The first-order chi connectivity index (χ1) is 17.6. The highest BCUT2D eigenvalue weighted by atomic mass is 32.2. The Labute approximate surface area is 216 Å². The van der Waals surface area contributed by atoms with E-state index in [9.17, 15) is 18.0 Å². The second-order valence-corrected chi connectivity index (χ2v) is 10.8. The van der Waals surface area contributed by atoms with Gasteiger partial charge in [-0.15, -0.1) is 0 Å². The largest absolute Gasteiger partial charge is 0.425 e. The Morgan fingerprint density at radius 1 is 1.00 bits per heavy atom. The summed E-state index contributed by atoms with van der Waals surface area (Å²) in [5, 5.41) is 0.696. The molecule has 2 atom stereocenters. The fourth-order valence-electron chi connectivity index (χ4n) is 4.07. The SMILES string of the molecule is CC[C@H](C)[C@H](NS(=O)(=O)c1ccc(C)cc1)C(=O)Oc1ccc2c(-c3ccccc3)cc(=O)oc2c1C. The molecule has 0 saturated heterocycles. The molecule has 0 amide bonds. The van der Waals surface area contributed by atoms with E-state index in [1.54, 1.807) is 38.1 Å². The number of rotatable bonds is 8. The first-order valence-electron chi connectivity index (χ1n) is 12.0. The summed E-state index contributed by atoms with van der Waals surface area (Å²) in [6.07, 6.45) is 0.544. The number of hydrogen-bond acceptors (Lipinski definition) is 6. The van der Waals surface area contributed by atoms with E-state index in [1.807, 2.05) is 44.2 Å². The Kier molecular flexibility index (Phi) is 7.61. The first-order valence-corrected chi connectivity index (χ1v) is 13.5. The third kappa shape index (κ3) is 5.65. The fraction of sp³-hybridized carbons (Fsp3) is 0.241. The Balaban J connectivity index is 1.68. The van der Waals surface area contributed by atoms with Gasteiger partial charge in [0, 0.05) is 17.0 Å². The van der Waals surface area contributed by atoms with Crippen LogP contribution in [0.5, 0.6) is 5.75 Å². The van der Waals surface area contributed by atoms with E-state index in [0.29, 0.717) is 28.5 Å². The lowest BCUT2D eigenvalue weighted by Gasteiger charge is -2.23. The molecule has 0 saturated carbocycles. The summed E-state index contributed by atoms with van der Waals surface area (Å²) in [6.45, 7) is 7.20. The van der Waals surface area contributed by atoms with Crippen molar-refractivity contribution >= 4 is 27.0 Å². The van der Waals surface area contributed by atoms with Crippen molar-refractivity contribution in [1.82, 2.24) is 4.72 Å². The summed E-state index contributed by atoms with van der Waals surface area (Å²) in [4.78, 5) is 25.7. The lowest BCUT2D eigenvalue weighted by molar-refractivity contribution is -0.137. The number of aryl methyl sites for hydroxylation is 2. The smallest absolute Gasteiger partial charge is 0.336 e. The van der Waals surface area contributed by atoms with Gasteiger partial charge in [0.1, 0.15) is 17.4 Å². The molecule has 4 aromatic rings. The highest BCUT2D eigenvalue weighted by Crippen LogP contribution is 2.33. The maximum atomic E-state index is 13.3. The molecule has 4 rings (SSSR count). The fourth-order valence-corrected chi connectivity index (χ4v) is 5.36. The van der Waals surface area contributed by atoms with Gasteiger partial charge in [0.05, 0.1) is 4.90 Å². The van der Waals surface area contributed by atoms with E-state index in [0.717, 1.165) is 11.1 Å². The quantitative estimate of drug-likeness (QED) is 0.191. The number of benzene rings is 3. The molecule has 0 spiro atoms. The van der Waals surface area contributed by atoms with E-state index in [2.05, 4.69) is 4.72 Å². The highest BCUT2D eigenvalue weighted by Gasteiger charge is 2.32. The molecule has 3 aromatic carbocycles. The van der Waals surface area contributed by atoms with E-state index in [-0.39, 0.29) is 16.6 Å². The molecule has 0 aliphatic rings. The minimum absolute atomic E-state index is 0.0660. The highest BCUT2D eigenvalue weighted by molar-refractivity contribution is 7.89. The molecular weight excluding hydrogens is 490 g/mol. The molecule has 0 aliphatic heterocycles. The van der Waals surface area contributed by atoms with Gasteiger partial charge >= 0.3 is 11.6 Å². The third-order valence-corrected chi connectivity index (χ3v) is 7.94. The molecule has 1 heterocycles. The number of fused-ring (bicyclic) bond motifs is 1. The van der Waals surface area contributed by atoms with Crippen LogP contribution in [0.15, 0.2) is 86.9 Å². The van der Waals surface area contributed by atoms with Crippen molar-refractivity contribution in [2.45, 2.75) is 45.1 Å². The van der Waals surface area contributed by atoms with Crippen LogP contribution >= 0.6 is 0 Å². The number of ether oxygens (including phenoxy) is 1. The molecule has 0 radical (unpaired) electrons. The summed E-state index contributed by atoms with van der Waals surface area (Å²) >= 11 is 0. The molecule has 0 bridgehead atoms. The lowest BCUT2D eigenvalue weighted by Crippen LogP contribution is -2.47. The molecule has 37 heavy (non-hydrogen) atoms. The van der Waals surface area contributed by atoms with Crippen molar-refractivity contribution < 1.29 is 22.4 Å². The minimum atomic E-state index is -3.97. The standard InChI is InChI=1S/C29H29NO6S/c1-5-19(3)27(30-37(33,34)22-13-11-18(2)12-14-22)29(32)35-25-16-15-23-24(21-9-7-6-8-10-21)17-26(31)36-28(23)20(25)4/h6-17,19,27,30H,5H2,1-4H3/t19-,27-/m0/s1. The molecule has 1 aromatic heterocycles. The van der Waals surface area contributed by atoms with E-state index in [4.69, 9.17) is 9.15 Å². The van der Waals surface area contributed by atoms with Crippen molar-refractivity contribution in [2.75, 3.05) is 0 Å². The van der Waals surface area contributed by atoms with Gasteiger partial charge in [-0.25, -0.2) is 18.0 Å². The first kappa shape index (κ1) is 26.3. The van der Waals surface area contributed by atoms with Gasteiger partial charge in [0.25, 0.3) is 0 Å². The van der Waals surface area contributed by atoms with E-state index >= 15 is 0 Å². The van der Waals surface area contributed by atoms with Crippen molar-refractivity contribution in [2.24, 2.45) is 5.92 Å². The third-order valence-electron chi connectivity index (χ3n) is 6.49. The number of hydrogen-bond donors (Lipinski definition) is 1. The van der Waals surface area contributed by atoms with Crippen LogP contribution in [-0.4, -0.2) is 20.4 Å². The number of esters is 1. The van der Waals surface area contributed by atoms with Gasteiger partial charge in [0.2, 0.25) is 10.0 Å². The number of sulfonamides is 1. The molecule has 0 unspecified atom stereocenters. The van der Waals surface area contributed by atoms with Crippen LogP contribution in [0.2, 0.25) is 0 Å². The lowest BCUT2D eigenvalue weighted by atomic mass is 9.99. The predicted molar refractivity (Wildman–Crippen MR) is 143 cm³/mol. The maximum Gasteiger partial charge on any atom is 0.336 e. The topological polar surface area (TPSA) is 103 Å². The van der Waals surface area contributed by atoms with Crippen LogP contribution in [0.3, 0.4) is 0 Å². The summed E-state index contributed by atoms with van der Waals surface area (Å²) in [5.41, 5.74) is 2.72. The molecule has 8 heteroatoms. The second-order valence-electron chi connectivity index (χ2n) is 9.13. The number of nitrogens with one attached hydrogen (secondary N) is 1. The summed E-state index contributed by atoms with van der Waals surface area (Å²) < 4.78 is 39.7. The van der Waals surface area contributed by atoms with Gasteiger partial charge in [-0.2, -0.15) is 4.72 Å². The summed E-state index contributed by atoms with van der Waals surface area (Å²) in [6, 6.07) is 19.5. The zero-order valence-corrected chi connectivity index (χ0v) is 22.0. The predicted octanol–water partition coefficient (Wildman–Crippen LogP) is 5.38. The average molecular weight is 520 g/mol. The van der Waals surface area contributed by atoms with Crippen LogP contribution in [0.25, 0.3) is 22.1 Å². The molecule has 0 aliphatic carbocycles. The van der Waals surface area contributed by atoms with E-state index < -0.39 is 27.7 Å². The van der Waals surface area contributed by atoms with Crippen LogP contribution in [0.1, 0.15) is 31.4 Å². The van der Waals surface area contributed by atoms with Gasteiger partial charge in [-0.05, 0) is 55.2 Å². The zero-order valence-electron chi connectivity index (χ0n) is 21.1. The van der Waals surface area contributed by atoms with Crippen molar-refractivity contribution in [3.8, 4) is 16.9 Å². The normalized spacial score (nSPS) is 13.3. The molecular formula is C29H29NO6S. The molecule has 1 N–H and O–H groups in total.